The number of hydrogen-bond acceptors (Lipinski definition) is 2. The van der Waals surface area contributed by atoms with Crippen molar-refractivity contribution in [1.82, 2.24) is 4.90 Å². The number of carbonyl (C=O) groups is 2. The van der Waals surface area contributed by atoms with Crippen LogP contribution in [0.3, 0.4) is 0 Å². The van der Waals surface area contributed by atoms with E-state index in [0.717, 1.165) is 0 Å². The molecule has 0 radical (unpaired) electrons. The summed E-state index contributed by atoms with van der Waals surface area (Å²) in [5.41, 5.74) is 0. The van der Waals surface area contributed by atoms with Gasteiger partial charge < -0.3 is 10.0 Å². The molecule has 15 heavy (non-hydrogen) atoms. The topological polar surface area (TPSA) is 57.6 Å². The molecule has 0 aromatic rings. The number of hydrogen-bond donors (Lipinski definition) is 1. The van der Waals surface area contributed by atoms with Crippen LogP contribution in [-0.4, -0.2) is 41.1 Å². The third-order valence-corrected chi connectivity index (χ3v) is 1.83. The quantitative estimate of drug-likeness (QED) is 0.782. The maximum Gasteiger partial charge on any atom is 0.471 e. The molecule has 0 aliphatic rings. The molecule has 0 aromatic heterocycles. The normalized spacial score (nSPS) is 13.4. The first-order valence-corrected chi connectivity index (χ1v) is 4.29. The van der Waals surface area contributed by atoms with Crippen molar-refractivity contribution in [3.05, 3.63) is 0 Å². The number of carboxylic acids is 1. The van der Waals surface area contributed by atoms with Gasteiger partial charge in [0.15, 0.2) is 0 Å². The van der Waals surface area contributed by atoms with Crippen molar-refractivity contribution in [3.8, 4) is 0 Å². The molecule has 0 fully saturated rings. The zero-order chi connectivity index (χ0) is 12.2. The largest absolute Gasteiger partial charge is 0.481 e. The van der Waals surface area contributed by atoms with E-state index in [4.69, 9.17) is 5.11 Å². The minimum absolute atomic E-state index is 0.171. The summed E-state index contributed by atoms with van der Waals surface area (Å²) in [7, 11) is 0. The zero-order valence-corrected chi connectivity index (χ0v) is 8.34. The Kier molecular flexibility index (Phi) is 4.57. The molecule has 0 spiro atoms. The lowest BCUT2D eigenvalue weighted by atomic mass is 10.1. The van der Waals surface area contributed by atoms with Gasteiger partial charge in [-0.15, -0.1) is 0 Å². The van der Waals surface area contributed by atoms with Gasteiger partial charge in [-0.2, -0.15) is 13.2 Å². The number of nitrogens with zero attached hydrogens (tertiary/aromatic N) is 1. The molecule has 0 rings (SSSR count). The molecule has 0 saturated carbocycles. The van der Waals surface area contributed by atoms with Gasteiger partial charge in [-0.3, -0.25) is 9.59 Å². The average Bonchev–Trinajstić information content (AvgIpc) is 2.10. The molecule has 1 unspecified atom stereocenters. The molecule has 88 valence electrons. The van der Waals surface area contributed by atoms with Crippen LogP contribution in [-0.2, 0) is 9.59 Å². The Bertz CT molecular complexity index is 252. The van der Waals surface area contributed by atoms with Crippen molar-refractivity contribution in [2.24, 2.45) is 5.92 Å². The second-order valence-electron chi connectivity index (χ2n) is 3.08. The number of halogens is 3. The van der Waals surface area contributed by atoms with Crippen molar-refractivity contribution in [3.63, 3.8) is 0 Å². The van der Waals surface area contributed by atoms with Crippen LogP contribution in [0.2, 0.25) is 0 Å². The zero-order valence-electron chi connectivity index (χ0n) is 8.34. The molecule has 0 aliphatic heterocycles. The van der Waals surface area contributed by atoms with Crippen LogP contribution in [0.5, 0.6) is 0 Å². The Balaban J connectivity index is 4.51. The van der Waals surface area contributed by atoms with E-state index < -0.39 is 30.5 Å². The molecular formula is C8H12F3NO3. The van der Waals surface area contributed by atoms with Gasteiger partial charge in [-0.1, -0.05) is 6.92 Å². The molecule has 4 nitrogen and oxygen atoms in total. The third-order valence-electron chi connectivity index (χ3n) is 1.83. The Labute approximate surface area is 84.7 Å². The standard InChI is InChI=1S/C8H12F3NO3/c1-3-12(4-5(2)6(13)14)7(15)8(9,10)11/h5H,3-4H2,1-2H3,(H,13,14). The van der Waals surface area contributed by atoms with Crippen molar-refractivity contribution >= 4 is 11.9 Å². The number of amides is 1. The van der Waals surface area contributed by atoms with Gasteiger partial charge in [-0.25, -0.2) is 0 Å². The van der Waals surface area contributed by atoms with E-state index in [1.807, 2.05) is 0 Å². The fourth-order valence-electron chi connectivity index (χ4n) is 0.944. The number of carboxylic acid groups (broad SMARTS) is 1. The fourth-order valence-corrected chi connectivity index (χ4v) is 0.944. The van der Waals surface area contributed by atoms with Gasteiger partial charge in [0.1, 0.15) is 0 Å². The van der Waals surface area contributed by atoms with E-state index >= 15 is 0 Å². The van der Waals surface area contributed by atoms with Crippen molar-refractivity contribution in [2.75, 3.05) is 13.1 Å². The highest BCUT2D eigenvalue weighted by Crippen LogP contribution is 2.19. The molecule has 0 aromatic carbocycles. The first-order chi connectivity index (χ1) is 6.70. The summed E-state index contributed by atoms with van der Waals surface area (Å²) < 4.78 is 36.0. The van der Waals surface area contributed by atoms with E-state index in [1.165, 1.54) is 13.8 Å². The molecular weight excluding hydrogens is 215 g/mol. The number of alkyl halides is 3. The second kappa shape index (κ2) is 4.99. The highest BCUT2D eigenvalue weighted by Gasteiger charge is 2.42. The van der Waals surface area contributed by atoms with Gasteiger partial charge in [0.05, 0.1) is 5.92 Å². The van der Waals surface area contributed by atoms with Crippen molar-refractivity contribution in [1.29, 1.82) is 0 Å². The van der Waals surface area contributed by atoms with Crippen LogP contribution in [0.15, 0.2) is 0 Å². The first-order valence-electron chi connectivity index (χ1n) is 4.29. The Morgan fingerprint density at radius 1 is 1.40 bits per heavy atom. The minimum Gasteiger partial charge on any atom is -0.481 e. The van der Waals surface area contributed by atoms with Gasteiger partial charge in [0.2, 0.25) is 0 Å². The third kappa shape index (κ3) is 4.18. The Morgan fingerprint density at radius 3 is 2.13 bits per heavy atom. The minimum atomic E-state index is -4.95. The van der Waals surface area contributed by atoms with Gasteiger partial charge in [0, 0.05) is 13.1 Å². The van der Waals surface area contributed by atoms with Gasteiger partial charge >= 0.3 is 18.1 Å². The molecule has 0 bridgehead atoms. The molecule has 0 aliphatic carbocycles. The van der Waals surface area contributed by atoms with Crippen LogP contribution in [0.4, 0.5) is 13.2 Å². The average molecular weight is 227 g/mol. The van der Waals surface area contributed by atoms with Gasteiger partial charge in [-0.05, 0) is 6.92 Å². The van der Waals surface area contributed by atoms with Crippen LogP contribution >= 0.6 is 0 Å². The molecule has 7 heteroatoms. The maximum atomic E-state index is 12.0. The lowest BCUT2D eigenvalue weighted by Gasteiger charge is -2.23. The van der Waals surface area contributed by atoms with E-state index in [1.54, 1.807) is 0 Å². The summed E-state index contributed by atoms with van der Waals surface area (Å²) in [6, 6.07) is 0. The fraction of sp³-hybridized carbons (Fsp3) is 0.750. The van der Waals surface area contributed by atoms with E-state index in [0.29, 0.717) is 4.90 Å². The SMILES string of the molecule is CCN(CC(C)C(=O)O)C(=O)C(F)(F)F. The number of carbonyl (C=O) groups excluding carboxylic acids is 1. The lowest BCUT2D eigenvalue weighted by molar-refractivity contribution is -0.186. The molecule has 0 heterocycles. The number of rotatable bonds is 4. The monoisotopic (exact) mass is 227 g/mol. The van der Waals surface area contributed by atoms with Gasteiger partial charge in [0.25, 0.3) is 0 Å². The predicted molar refractivity (Wildman–Crippen MR) is 45.1 cm³/mol. The highest BCUT2D eigenvalue weighted by atomic mass is 19.4. The maximum absolute atomic E-state index is 12.0. The molecule has 0 saturated heterocycles. The highest BCUT2D eigenvalue weighted by molar-refractivity contribution is 5.82. The van der Waals surface area contributed by atoms with Crippen LogP contribution in [0, 0.1) is 5.92 Å². The first kappa shape index (κ1) is 13.7. The Morgan fingerprint density at radius 2 is 1.87 bits per heavy atom. The predicted octanol–water partition coefficient (Wildman–Crippen LogP) is 1.12. The van der Waals surface area contributed by atoms with Crippen LogP contribution in [0.1, 0.15) is 13.8 Å². The van der Waals surface area contributed by atoms with Crippen LogP contribution in [0.25, 0.3) is 0 Å². The number of aliphatic carboxylic acids is 1. The van der Waals surface area contributed by atoms with Crippen LogP contribution < -0.4 is 0 Å². The molecule has 1 N–H and O–H groups in total. The summed E-state index contributed by atoms with van der Waals surface area (Å²) in [4.78, 5) is 21.6. The Hall–Kier alpha value is -1.27. The smallest absolute Gasteiger partial charge is 0.471 e. The summed E-state index contributed by atoms with van der Waals surface area (Å²) in [5, 5.41) is 8.49. The summed E-state index contributed by atoms with van der Waals surface area (Å²) in [6.07, 6.45) is -4.95. The summed E-state index contributed by atoms with van der Waals surface area (Å²) >= 11 is 0. The van der Waals surface area contributed by atoms with Crippen molar-refractivity contribution in [2.45, 2.75) is 20.0 Å². The second-order valence-corrected chi connectivity index (χ2v) is 3.08. The summed E-state index contributed by atoms with van der Waals surface area (Å²) in [6.45, 7) is 1.99. The molecule has 1 amide bonds. The summed E-state index contributed by atoms with van der Waals surface area (Å²) in [5.74, 6) is -4.25. The van der Waals surface area contributed by atoms with Crippen molar-refractivity contribution < 1.29 is 27.9 Å². The van der Waals surface area contributed by atoms with E-state index in [2.05, 4.69) is 0 Å². The lowest BCUT2D eigenvalue weighted by Crippen LogP contribution is -2.44. The van der Waals surface area contributed by atoms with E-state index in [9.17, 15) is 22.8 Å². The molecule has 1 atom stereocenters. The van der Waals surface area contributed by atoms with E-state index in [-0.39, 0.29) is 6.54 Å².